The zero-order valence-corrected chi connectivity index (χ0v) is 15.6. The highest BCUT2D eigenvalue weighted by molar-refractivity contribution is 6.01. The van der Waals surface area contributed by atoms with E-state index in [0.717, 1.165) is 0 Å². The molecule has 0 unspecified atom stereocenters. The number of imidazole rings is 1. The highest BCUT2D eigenvalue weighted by Gasteiger charge is 2.30. The molecule has 0 saturated carbocycles. The van der Waals surface area contributed by atoms with Crippen molar-refractivity contribution in [3.8, 4) is 23.3 Å². The van der Waals surface area contributed by atoms with Gasteiger partial charge in [-0.25, -0.2) is 4.98 Å². The minimum absolute atomic E-state index is 0.0424. The number of ether oxygens (including phenoxy) is 2. The zero-order chi connectivity index (χ0) is 21.2. The van der Waals surface area contributed by atoms with Gasteiger partial charge in [-0.15, -0.1) is 0 Å². The van der Waals surface area contributed by atoms with Crippen LogP contribution in [0.5, 0.6) is 11.5 Å². The van der Waals surface area contributed by atoms with Crippen LogP contribution in [-0.4, -0.2) is 35.7 Å². The van der Waals surface area contributed by atoms with Crippen LogP contribution in [0.1, 0.15) is 28.8 Å². The molecular formula is C20H16F3N3O3. The maximum absolute atomic E-state index is 12.5. The Morgan fingerprint density at radius 1 is 1.17 bits per heavy atom. The molecule has 2 aromatic carbocycles. The van der Waals surface area contributed by atoms with Gasteiger partial charge in [0.05, 0.1) is 49.0 Å². The molecule has 3 aromatic rings. The minimum Gasteiger partial charge on any atom is -0.496 e. The Morgan fingerprint density at radius 3 is 2.38 bits per heavy atom. The van der Waals surface area contributed by atoms with Crippen LogP contribution in [0, 0.1) is 11.3 Å². The molecule has 0 fully saturated rings. The van der Waals surface area contributed by atoms with Crippen LogP contribution >= 0.6 is 0 Å². The van der Waals surface area contributed by atoms with E-state index in [9.17, 15) is 18.0 Å². The van der Waals surface area contributed by atoms with Gasteiger partial charge in [-0.3, -0.25) is 9.36 Å². The van der Waals surface area contributed by atoms with Crippen LogP contribution in [0.4, 0.5) is 13.2 Å². The van der Waals surface area contributed by atoms with Gasteiger partial charge in [0.1, 0.15) is 23.4 Å². The molecule has 6 nitrogen and oxygen atoms in total. The van der Waals surface area contributed by atoms with Crippen LogP contribution in [0.25, 0.3) is 16.7 Å². The van der Waals surface area contributed by atoms with E-state index in [1.807, 2.05) is 6.07 Å². The number of halogens is 3. The number of alkyl halides is 3. The number of methoxy groups -OCH3 is 2. The smallest absolute Gasteiger partial charge is 0.389 e. The number of aromatic nitrogens is 2. The summed E-state index contributed by atoms with van der Waals surface area (Å²) in [7, 11) is 2.65. The van der Waals surface area contributed by atoms with Gasteiger partial charge in [0.15, 0.2) is 5.78 Å². The zero-order valence-electron chi connectivity index (χ0n) is 15.6. The third-order valence-corrected chi connectivity index (χ3v) is 4.36. The summed E-state index contributed by atoms with van der Waals surface area (Å²) in [5.41, 5.74) is 2.25. The van der Waals surface area contributed by atoms with E-state index in [1.165, 1.54) is 32.7 Å². The second-order valence-corrected chi connectivity index (χ2v) is 6.19. The number of carbonyl (C=O) groups excluding carboxylic acids is 1. The minimum atomic E-state index is -4.44. The second-order valence-electron chi connectivity index (χ2n) is 6.19. The van der Waals surface area contributed by atoms with Gasteiger partial charge in [-0.1, -0.05) is 0 Å². The number of hydrogen-bond donors (Lipinski definition) is 0. The lowest BCUT2D eigenvalue weighted by atomic mass is 10.0. The molecule has 0 aliphatic heterocycles. The van der Waals surface area contributed by atoms with Crippen molar-refractivity contribution in [3.05, 3.63) is 47.8 Å². The molecule has 0 radical (unpaired) electrons. The highest BCUT2D eigenvalue weighted by Crippen LogP contribution is 2.35. The van der Waals surface area contributed by atoms with E-state index in [0.29, 0.717) is 22.3 Å². The van der Waals surface area contributed by atoms with Gasteiger partial charge in [-0.05, 0) is 18.2 Å². The number of Topliss-reactive ketones (excluding diaryl/α,β-unsaturated/α-hetero) is 1. The molecule has 0 saturated heterocycles. The summed E-state index contributed by atoms with van der Waals surface area (Å²) in [4.78, 5) is 16.7. The van der Waals surface area contributed by atoms with Gasteiger partial charge >= 0.3 is 6.18 Å². The van der Waals surface area contributed by atoms with E-state index in [2.05, 4.69) is 4.98 Å². The lowest BCUT2D eigenvalue weighted by Crippen LogP contribution is -2.13. The fourth-order valence-corrected chi connectivity index (χ4v) is 2.98. The maximum atomic E-state index is 12.5. The van der Waals surface area contributed by atoms with E-state index in [4.69, 9.17) is 14.7 Å². The molecule has 0 amide bonds. The first-order valence-electron chi connectivity index (χ1n) is 8.51. The summed E-state index contributed by atoms with van der Waals surface area (Å²) in [6.07, 6.45) is -4.84. The van der Waals surface area contributed by atoms with Crippen molar-refractivity contribution < 1.29 is 27.4 Å². The summed E-state index contributed by atoms with van der Waals surface area (Å²) in [5.74, 6) is -0.527. The molecule has 0 aliphatic rings. The van der Waals surface area contributed by atoms with E-state index in [-0.39, 0.29) is 17.1 Å². The van der Waals surface area contributed by atoms with E-state index < -0.39 is 24.8 Å². The molecule has 1 aromatic heterocycles. The number of hydrogen-bond acceptors (Lipinski definition) is 5. The molecule has 0 spiro atoms. The molecule has 0 atom stereocenters. The predicted molar refractivity (Wildman–Crippen MR) is 98.5 cm³/mol. The number of benzene rings is 2. The largest absolute Gasteiger partial charge is 0.496 e. The average molecular weight is 403 g/mol. The topological polar surface area (TPSA) is 77.1 Å². The second kappa shape index (κ2) is 7.83. The van der Waals surface area contributed by atoms with Gasteiger partial charge in [0.25, 0.3) is 0 Å². The Balaban J connectivity index is 2.07. The van der Waals surface area contributed by atoms with Gasteiger partial charge in [0, 0.05) is 18.6 Å². The molecule has 9 heteroatoms. The van der Waals surface area contributed by atoms with Crippen molar-refractivity contribution in [3.63, 3.8) is 0 Å². The fraction of sp³-hybridized carbons (Fsp3) is 0.250. The number of nitrogens with zero attached hydrogens (tertiary/aromatic N) is 3. The number of fused-ring (bicyclic) bond motifs is 1. The standard InChI is InChI=1S/C20H16F3N3O3/c1-28-17-8-13(26-11-25-14-7-12(10-24)3-4-15(14)26)9-18(29-2)19(17)16(27)5-6-20(21,22)23/h3-4,7-9,11H,5-6H2,1-2H3. The first kappa shape index (κ1) is 20.2. The average Bonchev–Trinajstić information content (AvgIpc) is 3.13. The van der Waals surface area contributed by atoms with Gasteiger partial charge < -0.3 is 9.47 Å². The molecule has 0 N–H and O–H groups in total. The van der Waals surface area contributed by atoms with E-state index >= 15 is 0 Å². The molecule has 1 heterocycles. The van der Waals surface area contributed by atoms with Crippen molar-refractivity contribution in [1.82, 2.24) is 9.55 Å². The third-order valence-electron chi connectivity index (χ3n) is 4.36. The molecule has 0 aliphatic carbocycles. The van der Waals surface area contributed by atoms with Crippen LogP contribution in [0.3, 0.4) is 0 Å². The molecule has 29 heavy (non-hydrogen) atoms. The van der Waals surface area contributed by atoms with Crippen molar-refractivity contribution >= 4 is 16.8 Å². The van der Waals surface area contributed by atoms with Crippen LogP contribution in [0.2, 0.25) is 0 Å². The number of carbonyl (C=O) groups is 1. The normalized spacial score (nSPS) is 11.3. The first-order chi connectivity index (χ1) is 13.8. The molecule has 3 rings (SSSR count). The lowest BCUT2D eigenvalue weighted by Gasteiger charge is -2.16. The Kier molecular flexibility index (Phi) is 5.46. The Morgan fingerprint density at radius 2 is 1.83 bits per heavy atom. The highest BCUT2D eigenvalue weighted by atomic mass is 19.4. The summed E-state index contributed by atoms with van der Waals surface area (Å²) in [6.45, 7) is 0. The third kappa shape index (κ3) is 4.16. The lowest BCUT2D eigenvalue weighted by molar-refractivity contribution is -0.133. The monoisotopic (exact) mass is 403 g/mol. The molecule has 0 bridgehead atoms. The van der Waals surface area contributed by atoms with Crippen molar-refractivity contribution in [1.29, 1.82) is 5.26 Å². The number of ketones is 1. The Hall–Kier alpha value is -3.54. The maximum Gasteiger partial charge on any atom is 0.389 e. The summed E-state index contributed by atoms with van der Waals surface area (Å²) < 4.78 is 49.8. The van der Waals surface area contributed by atoms with Crippen molar-refractivity contribution in [2.45, 2.75) is 19.0 Å². The molecular weight excluding hydrogens is 387 g/mol. The first-order valence-corrected chi connectivity index (χ1v) is 8.51. The quantitative estimate of drug-likeness (QED) is 0.569. The van der Waals surface area contributed by atoms with Crippen LogP contribution in [-0.2, 0) is 0 Å². The number of rotatable bonds is 6. The van der Waals surface area contributed by atoms with E-state index in [1.54, 1.807) is 22.8 Å². The van der Waals surface area contributed by atoms with Crippen LogP contribution in [0.15, 0.2) is 36.7 Å². The summed E-state index contributed by atoms with van der Waals surface area (Å²) in [5, 5.41) is 9.01. The number of nitriles is 1. The summed E-state index contributed by atoms with van der Waals surface area (Å²) in [6, 6.07) is 10.1. The van der Waals surface area contributed by atoms with Crippen molar-refractivity contribution in [2.24, 2.45) is 0 Å². The summed E-state index contributed by atoms with van der Waals surface area (Å²) >= 11 is 0. The van der Waals surface area contributed by atoms with Gasteiger partial charge in [0.2, 0.25) is 0 Å². The predicted octanol–water partition coefficient (Wildman–Crippen LogP) is 4.44. The molecule has 150 valence electrons. The SMILES string of the molecule is COc1cc(-n2cnc3cc(C#N)ccc32)cc(OC)c1C(=O)CCC(F)(F)F. The van der Waals surface area contributed by atoms with Crippen LogP contribution < -0.4 is 9.47 Å². The van der Waals surface area contributed by atoms with Crippen molar-refractivity contribution in [2.75, 3.05) is 14.2 Å². The Bertz CT molecular complexity index is 1090. The Labute approximate surface area is 164 Å². The fourth-order valence-electron chi connectivity index (χ4n) is 2.98. The van der Waals surface area contributed by atoms with Gasteiger partial charge in [-0.2, -0.15) is 18.4 Å².